The summed E-state index contributed by atoms with van der Waals surface area (Å²) in [5, 5.41) is 4.18. The van der Waals surface area contributed by atoms with Crippen LogP contribution < -0.4 is 25.2 Å². The maximum absolute atomic E-state index is 6.62. The maximum Gasteiger partial charge on any atom is 0.211 e. The Morgan fingerprint density at radius 1 is 0.853 bits per heavy atom. The van der Waals surface area contributed by atoms with Crippen LogP contribution in [0.25, 0.3) is 17.2 Å². The Hall–Kier alpha value is -2.18. The summed E-state index contributed by atoms with van der Waals surface area (Å²) in [5.41, 5.74) is 6.66. The highest BCUT2D eigenvalue weighted by molar-refractivity contribution is 7.67. The molecule has 34 heavy (non-hydrogen) atoms. The van der Waals surface area contributed by atoms with Gasteiger partial charge in [-0.3, -0.25) is 0 Å². The van der Waals surface area contributed by atoms with Crippen LogP contribution in [0.1, 0.15) is 85.9 Å². The summed E-state index contributed by atoms with van der Waals surface area (Å²) >= 11 is 0. The lowest BCUT2D eigenvalue weighted by atomic mass is 9.91. The van der Waals surface area contributed by atoms with E-state index in [0.29, 0.717) is 0 Å². The second kappa shape index (κ2) is 8.80. The molecule has 0 aromatic heterocycles. The van der Waals surface area contributed by atoms with E-state index < -0.39 is 0 Å². The summed E-state index contributed by atoms with van der Waals surface area (Å²) in [6, 6.07) is 9.30. The molecule has 3 aliphatic rings. The molecule has 1 atom stereocenters. The normalized spacial score (nSPS) is 20.6. The molecule has 5 rings (SSSR count). The molecular weight excluding hydrogens is 433 g/mol. The van der Waals surface area contributed by atoms with Crippen molar-refractivity contribution in [2.45, 2.75) is 79.9 Å². The second-order valence-electron chi connectivity index (χ2n) is 10.5. The first kappa shape index (κ1) is 24.9. The van der Waals surface area contributed by atoms with Crippen LogP contribution in [0.3, 0.4) is 0 Å². The first-order valence-electron chi connectivity index (χ1n) is 12.9. The molecule has 0 fully saturated rings. The number of likely N-dealkylation sites (N-methyl/N-ethyl adjacent to an activating group) is 1. The molecule has 3 heteroatoms. The van der Waals surface area contributed by atoms with Crippen LogP contribution in [0.15, 0.2) is 36.4 Å². The van der Waals surface area contributed by atoms with E-state index in [-0.39, 0.29) is 18.6 Å². The predicted molar refractivity (Wildman–Crippen MR) is 151 cm³/mol. The number of nitrogens with zero attached hydrogens (tertiary/aromatic N) is 1. The Morgan fingerprint density at radius 3 is 2.18 bits per heavy atom. The van der Waals surface area contributed by atoms with Gasteiger partial charge in [-0.15, -0.1) is 0 Å². The number of ether oxygens (including phenoxy) is 1. The van der Waals surface area contributed by atoms with Crippen LogP contribution in [0.2, 0.25) is 0 Å². The molecule has 0 bridgehead atoms. The van der Waals surface area contributed by atoms with Crippen LogP contribution >= 0.6 is 7.92 Å². The predicted octanol–water partition coefficient (Wildman–Crippen LogP) is 6.68. The molecule has 0 spiro atoms. The van der Waals surface area contributed by atoms with Gasteiger partial charge in [0.05, 0.1) is 6.07 Å². The topological polar surface area (TPSA) is 12.2 Å². The second-order valence-corrected chi connectivity index (χ2v) is 13.6. The molecular formula is C31H41NOP+. The zero-order valence-electron chi connectivity index (χ0n) is 22.8. The van der Waals surface area contributed by atoms with Gasteiger partial charge in [0.25, 0.3) is 0 Å². The number of benzene rings is 2. The van der Waals surface area contributed by atoms with Crippen molar-refractivity contribution in [2.75, 3.05) is 12.7 Å². The molecule has 0 aliphatic carbocycles. The Balaban J connectivity index is 0.00000133. The standard InChI is InChI=1S/C29H35NOP.C2H6/c1-9-30-24-14-25-20(12-22(24)18(3)16-28(30,5)6)11-21-13-23-19(4)17-29(7,8)32(10-2)27(23)15-26(21)31-25;1-2/h11-17H,9-10H2,1-8H3;1-2H3/q+1;. The van der Waals surface area contributed by atoms with Crippen LogP contribution in [-0.2, 0) is 0 Å². The van der Waals surface area contributed by atoms with E-state index in [1.54, 1.807) is 0 Å². The average Bonchev–Trinajstić information content (AvgIpc) is 2.76. The molecule has 0 saturated heterocycles. The zero-order valence-corrected chi connectivity index (χ0v) is 23.7. The molecule has 2 aromatic rings. The van der Waals surface area contributed by atoms with Gasteiger partial charge in [0.1, 0.15) is 18.0 Å². The molecule has 2 nitrogen and oxygen atoms in total. The zero-order chi connectivity index (χ0) is 25.0. The highest BCUT2D eigenvalue weighted by atomic mass is 31.1. The van der Waals surface area contributed by atoms with Gasteiger partial charge in [-0.25, -0.2) is 4.58 Å². The molecule has 1 unspecified atom stereocenters. The Morgan fingerprint density at radius 2 is 1.53 bits per heavy atom. The Bertz CT molecular complexity index is 1340. The summed E-state index contributed by atoms with van der Waals surface area (Å²) in [4.78, 5) is 0. The summed E-state index contributed by atoms with van der Waals surface area (Å²) in [6.07, 6.45) is 8.39. The first-order chi connectivity index (χ1) is 16.1. The fourth-order valence-electron chi connectivity index (χ4n) is 6.09. The number of fused-ring (bicyclic) bond motifs is 4. The molecule has 180 valence electrons. The van der Waals surface area contributed by atoms with Gasteiger partial charge in [-0.2, -0.15) is 0 Å². The van der Waals surface area contributed by atoms with Gasteiger partial charge >= 0.3 is 0 Å². The van der Waals surface area contributed by atoms with Crippen molar-refractivity contribution in [1.29, 1.82) is 0 Å². The minimum Gasteiger partial charge on any atom is -0.456 e. The SMILES string of the molecule is CC.CC[N+]1=c2cc3c(cc2C(C)=CC1(C)C)=Cc1cc2c(cc1O3)P(CC)C(C)(C)C=C2C. The lowest BCUT2D eigenvalue weighted by molar-refractivity contribution is 0.399. The largest absolute Gasteiger partial charge is 0.456 e. The summed E-state index contributed by atoms with van der Waals surface area (Å²) in [7, 11) is -0.260. The molecule has 0 saturated carbocycles. The Labute approximate surface area is 207 Å². The minimum atomic E-state index is -0.260. The molecule has 3 heterocycles. The number of allylic oxidation sites excluding steroid dienone is 3. The van der Waals surface area contributed by atoms with E-state index in [4.69, 9.17) is 4.74 Å². The van der Waals surface area contributed by atoms with E-state index in [0.717, 1.165) is 18.0 Å². The van der Waals surface area contributed by atoms with Crippen molar-refractivity contribution in [3.8, 4) is 11.5 Å². The van der Waals surface area contributed by atoms with Gasteiger partial charge < -0.3 is 4.74 Å². The molecule has 2 aromatic carbocycles. The van der Waals surface area contributed by atoms with Gasteiger partial charge in [0, 0.05) is 35.3 Å². The van der Waals surface area contributed by atoms with E-state index in [1.807, 2.05) is 13.8 Å². The van der Waals surface area contributed by atoms with Gasteiger partial charge in [0.2, 0.25) is 5.36 Å². The van der Waals surface area contributed by atoms with Crippen LogP contribution in [0, 0.1) is 0 Å². The molecule has 0 amide bonds. The quantitative estimate of drug-likeness (QED) is 0.298. The lowest BCUT2D eigenvalue weighted by Crippen LogP contribution is -2.49. The van der Waals surface area contributed by atoms with Crippen LogP contribution in [0.5, 0.6) is 11.5 Å². The van der Waals surface area contributed by atoms with E-state index in [1.165, 1.54) is 49.9 Å². The van der Waals surface area contributed by atoms with Gasteiger partial charge in [0.15, 0.2) is 5.54 Å². The van der Waals surface area contributed by atoms with Crippen LogP contribution in [0.4, 0.5) is 0 Å². The van der Waals surface area contributed by atoms with Crippen LogP contribution in [-0.4, -0.2) is 23.4 Å². The molecule has 3 aliphatic heterocycles. The highest BCUT2D eigenvalue weighted by Crippen LogP contribution is 2.55. The van der Waals surface area contributed by atoms with Gasteiger partial charge in [-0.1, -0.05) is 48.6 Å². The van der Waals surface area contributed by atoms with Crippen molar-refractivity contribution in [1.82, 2.24) is 4.58 Å². The average molecular weight is 475 g/mol. The maximum atomic E-state index is 6.62. The summed E-state index contributed by atoms with van der Waals surface area (Å²) in [6.45, 7) is 23.4. The highest BCUT2D eigenvalue weighted by Gasteiger charge is 2.35. The third kappa shape index (κ3) is 3.89. The van der Waals surface area contributed by atoms with E-state index >= 15 is 0 Å². The number of hydrogen-bond acceptors (Lipinski definition) is 1. The number of hydrogen-bond donors (Lipinski definition) is 0. The lowest BCUT2D eigenvalue weighted by Gasteiger charge is -2.38. The monoisotopic (exact) mass is 474 g/mol. The third-order valence-corrected chi connectivity index (χ3v) is 10.5. The third-order valence-electron chi connectivity index (χ3n) is 7.38. The fraction of sp³-hybridized carbons (Fsp3) is 0.452. The Kier molecular flexibility index (Phi) is 6.45. The number of rotatable bonds is 2. The van der Waals surface area contributed by atoms with Crippen molar-refractivity contribution < 1.29 is 4.74 Å². The minimum absolute atomic E-state index is 0.00182. The first-order valence-corrected chi connectivity index (χ1v) is 14.4. The van der Waals surface area contributed by atoms with Crippen molar-refractivity contribution in [2.24, 2.45) is 0 Å². The molecule has 0 radical (unpaired) electrons. The smallest absolute Gasteiger partial charge is 0.211 e. The van der Waals surface area contributed by atoms with Crippen molar-refractivity contribution in [3.05, 3.63) is 63.7 Å². The van der Waals surface area contributed by atoms with E-state index in [9.17, 15) is 0 Å². The van der Waals surface area contributed by atoms with Crippen molar-refractivity contribution >= 4 is 30.4 Å². The van der Waals surface area contributed by atoms with E-state index in [2.05, 4.69) is 102 Å². The fourth-order valence-corrected chi connectivity index (χ4v) is 9.02. The molecule has 0 N–H and O–H groups in total. The summed E-state index contributed by atoms with van der Waals surface area (Å²) in [5.74, 6) is 1.98. The van der Waals surface area contributed by atoms with Gasteiger partial charge in [-0.05, 0) is 79.3 Å². The summed E-state index contributed by atoms with van der Waals surface area (Å²) < 4.78 is 9.10. The van der Waals surface area contributed by atoms with Crippen molar-refractivity contribution in [3.63, 3.8) is 0 Å².